The predicted molar refractivity (Wildman–Crippen MR) is 74.0 cm³/mol. The normalized spacial score (nSPS) is 22.5. The summed E-state index contributed by atoms with van der Waals surface area (Å²) in [7, 11) is 0. The SMILES string of the molecule is Fc1ccc2c(c1)CC(CNCCC1CCCC1)O2. The van der Waals surface area contributed by atoms with Crippen LogP contribution in [0.3, 0.4) is 0 Å². The first kappa shape index (κ1) is 12.9. The Kier molecular flexibility index (Phi) is 4.02. The standard InChI is InChI=1S/C16H22FNO/c17-14-5-6-16-13(9-14)10-15(19-16)11-18-8-7-12-3-1-2-4-12/h5-6,9,12,15,18H,1-4,7-8,10-11H2. The summed E-state index contributed by atoms with van der Waals surface area (Å²) in [6.07, 6.45) is 7.92. The van der Waals surface area contributed by atoms with Crippen molar-refractivity contribution < 1.29 is 9.13 Å². The molecule has 1 atom stereocenters. The lowest BCUT2D eigenvalue weighted by atomic mass is 10.0. The van der Waals surface area contributed by atoms with Crippen LogP contribution in [0.2, 0.25) is 0 Å². The average molecular weight is 263 g/mol. The molecule has 3 rings (SSSR count). The third-order valence-corrected chi connectivity index (χ3v) is 4.34. The topological polar surface area (TPSA) is 21.3 Å². The Bertz CT molecular complexity index is 429. The maximum Gasteiger partial charge on any atom is 0.123 e. The Morgan fingerprint density at radius 2 is 2.11 bits per heavy atom. The third kappa shape index (κ3) is 3.27. The van der Waals surface area contributed by atoms with Crippen LogP contribution < -0.4 is 10.1 Å². The lowest BCUT2D eigenvalue weighted by molar-refractivity contribution is 0.226. The molecule has 0 saturated heterocycles. The quantitative estimate of drug-likeness (QED) is 0.823. The second-order valence-electron chi connectivity index (χ2n) is 5.84. The van der Waals surface area contributed by atoms with Gasteiger partial charge in [0.05, 0.1) is 0 Å². The zero-order valence-electron chi connectivity index (χ0n) is 11.3. The molecule has 1 saturated carbocycles. The van der Waals surface area contributed by atoms with Crippen LogP contribution in [0.5, 0.6) is 5.75 Å². The molecule has 1 aliphatic carbocycles. The highest BCUT2D eigenvalue weighted by molar-refractivity contribution is 5.37. The van der Waals surface area contributed by atoms with Gasteiger partial charge in [-0.2, -0.15) is 0 Å². The molecule has 2 aliphatic rings. The van der Waals surface area contributed by atoms with Crippen molar-refractivity contribution in [2.24, 2.45) is 5.92 Å². The van der Waals surface area contributed by atoms with Gasteiger partial charge >= 0.3 is 0 Å². The molecule has 3 heteroatoms. The molecule has 0 aromatic heterocycles. The molecule has 1 aromatic carbocycles. The van der Waals surface area contributed by atoms with Crippen molar-refractivity contribution in [2.75, 3.05) is 13.1 Å². The number of fused-ring (bicyclic) bond motifs is 1. The fraction of sp³-hybridized carbons (Fsp3) is 0.625. The number of hydrogen-bond acceptors (Lipinski definition) is 2. The third-order valence-electron chi connectivity index (χ3n) is 4.34. The summed E-state index contributed by atoms with van der Waals surface area (Å²) in [6.45, 7) is 1.94. The van der Waals surface area contributed by atoms with Gasteiger partial charge < -0.3 is 10.1 Å². The van der Waals surface area contributed by atoms with Gasteiger partial charge in [0.15, 0.2) is 0 Å². The average Bonchev–Trinajstić information content (AvgIpc) is 3.02. The van der Waals surface area contributed by atoms with Crippen LogP contribution in [0.25, 0.3) is 0 Å². The lowest BCUT2D eigenvalue weighted by Crippen LogP contribution is -2.31. The Morgan fingerprint density at radius 1 is 1.26 bits per heavy atom. The minimum Gasteiger partial charge on any atom is -0.488 e. The van der Waals surface area contributed by atoms with Crippen molar-refractivity contribution in [2.45, 2.75) is 44.6 Å². The van der Waals surface area contributed by atoms with Crippen LogP contribution in [0.4, 0.5) is 4.39 Å². The summed E-state index contributed by atoms with van der Waals surface area (Å²) in [5.74, 6) is 1.62. The number of halogens is 1. The van der Waals surface area contributed by atoms with Gasteiger partial charge in [0, 0.05) is 18.5 Å². The first-order valence-electron chi connectivity index (χ1n) is 7.47. The van der Waals surface area contributed by atoms with Crippen molar-refractivity contribution >= 4 is 0 Å². The van der Waals surface area contributed by atoms with E-state index in [0.29, 0.717) is 0 Å². The van der Waals surface area contributed by atoms with Crippen LogP contribution in [0.1, 0.15) is 37.7 Å². The molecule has 1 aliphatic heterocycles. The summed E-state index contributed by atoms with van der Waals surface area (Å²) in [4.78, 5) is 0. The van der Waals surface area contributed by atoms with E-state index in [4.69, 9.17) is 4.74 Å². The van der Waals surface area contributed by atoms with E-state index in [1.807, 2.05) is 0 Å². The van der Waals surface area contributed by atoms with E-state index in [-0.39, 0.29) is 11.9 Å². The number of nitrogens with one attached hydrogen (secondary N) is 1. The molecular weight excluding hydrogens is 241 g/mol. The van der Waals surface area contributed by atoms with E-state index in [9.17, 15) is 4.39 Å². The van der Waals surface area contributed by atoms with Gasteiger partial charge in [0.25, 0.3) is 0 Å². The van der Waals surface area contributed by atoms with E-state index in [1.54, 1.807) is 12.1 Å². The lowest BCUT2D eigenvalue weighted by Gasteiger charge is -2.13. The van der Waals surface area contributed by atoms with Gasteiger partial charge in [-0.05, 0) is 37.1 Å². The van der Waals surface area contributed by atoms with Crippen LogP contribution in [-0.4, -0.2) is 19.2 Å². The summed E-state index contributed by atoms with van der Waals surface area (Å²) in [5.41, 5.74) is 1.00. The summed E-state index contributed by atoms with van der Waals surface area (Å²) in [5, 5.41) is 3.48. The van der Waals surface area contributed by atoms with Crippen LogP contribution in [0.15, 0.2) is 18.2 Å². The molecule has 0 bridgehead atoms. The maximum atomic E-state index is 13.1. The van der Waals surface area contributed by atoms with Gasteiger partial charge in [-0.15, -0.1) is 0 Å². The van der Waals surface area contributed by atoms with Gasteiger partial charge in [-0.25, -0.2) is 4.39 Å². The molecule has 2 nitrogen and oxygen atoms in total. The second kappa shape index (κ2) is 5.91. The van der Waals surface area contributed by atoms with E-state index in [1.165, 1.54) is 38.2 Å². The van der Waals surface area contributed by atoms with Crippen molar-refractivity contribution in [1.29, 1.82) is 0 Å². The van der Waals surface area contributed by atoms with Gasteiger partial charge in [0.1, 0.15) is 17.7 Å². The van der Waals surface area contributed by atoms with Gasteiger partial charge in [-0.3, -0.25) is 0 Å². The Morgan fingerprint density at radius 3 is 2.95 bits per heavy atom. The molecule has 1 aromatic rings. The van der Waals surface area contributed by atoms with Crippen LogP contribution in [-0.2, 0) is 6.42 Å². The van der Waals surface area contributed by atoms with E-state index in [0.717, 1.165) is 36.7 Å². The smallest absolute Gasteiger partial charge is 0.123 e. The van der Waals surface area contributed by atoms with Gasteiger partial charge in [-0.1, -0.05) is 25.7 Å². The highest BCUT2D eigenvalue weighted by Gasteiger charge is 2.23. The fourth-order valence-corrected chi connectivity index (χ4v) is 3.27. The van der Waals surface area contributed by atoms with Crippen molar-refractivity contribution in [3.63, 3.8) is 0 Å². The largest absolute Gasteiger partial charge is 0.488 e. The molecule has 1 unspecified atom stereocenters. The number of benzene rings is 1. The molecule has 0 spiro atoms. The minimum atomic E-state index is -0.169. The summed E-state index contributed by atoms with van der Waals surface area (Å²) >= 11 is 0. The van der Waals surface area contributed by atoms with Crippen LogP contribution >= 0.6 is 0 Å². The molecule has 0 radical (unpaired) electrons. The molecule has 1 fully saturated rings. The summed E-state index contributed by atoms with van der Waals surface area (Å²) in [6, 6.07) is 4.80. The van der Waals surface area contributed by atoms with E-state index >= 15 is 0 Å². The highest BCUT2D eigenvalue weighted by Crippen LogP contribution is 2.29. The number of ether oxygens (including phenoxy) is 1. The maximum absolute atomic E-state index is 13.1. The first-order valence-corrected chi connectivity index (χ1v) is 7.47. The summed E-state index contributed by atoms with van der Waals surface area (Å²) < 4.78 is 18.9. The number of rotatable bonds is 5. The molecule has 104 valence electrons. The zero-order valence-corrected chi connectivity index (χ0v) is 11.3. The van der Waals surface area contributed by atoms with Crippen LogP contribution in [0, 0.1) is 11.7 Å². The molecule has 0 amide bonds. The zero-order chi connectivity index (χ0) is 13.1. The Labute approximate surface area is 114 Å². The van der Waals surface area contributed by atoms with E-state index < -0.39 is 0 Å². The molecule has 1 N–H and O–H groups in total. The fourth-order valence-electron chi connectivity index (χ4n) is 3.27. The van der Waals surface area contributed by atoms with E-state index in [2.05, 4.69) is 5.32 Å². The second-order valence-corrected chi connectivity index (χ2v) is 5.84. The monoisotopic (exact) mass is 263 g/mol. The molecular formula is C16H22FNO. The van der Waals surface area contributed by atoms with Crippen molar-refractivity contribution in [3.8, 4) is 5.75 Å². The van der Waals surface area contributed by atoms with Gasteiger partial charge in [0.2, 0.25) is 0 Å². The van der Waals surface area contributed by atoms with Crippen molar-refractivity contribution in [1.82, 2.24) is 5.32 Å². The predicted octanol–water partition coefficient (Wildman–Crippen LogP) is 3.30. The Hall–Kier alpha value is -1.09. The molecule has 1 heterocycles. The Balaban J connectivity index is 1.38. The highest BCUT2D eigenvalue weighted by atomic mass is 19.1. The molecule has 19 heavy (non-hydrogen) atoms. The van der Waals surface area contributed by atoms with Crippen molar-refractivity contribution in [3.05, 3.63) is 29.6 Å². The minimum absolute atomic E-state index is 0.167. The number of hydrogen-bond donors (Lipinski definition) is 1. The first-order chi connectivity index (χ1) is 9.31.